The quantitative estimate of drug-likeness (QED) is 0.903. The summed E-state index contributed by atoms with van der Waals surface area (Å²) >= 11 is 0. The number of pyridine rings is 1. The van der Waals surface area contributed by atoms with Crippen LogP contribution in [0.25, 0.3) is 0 Å². The lowest BCUT2D eigenvalue weighted by molar-refractivity contribution is 0.209. The van der Waals surface area contributed by atoms with Crippen LogP contribution >= 0.6 is 0 Å². The Kier molecular flexibility index (Phi) is 5.59. The lowest BCUT2D eigenvalue weighted by atomic mass is 10.0. The molecule has 1 fully saturated rings. The van der Waals surface area contributed by atoms with Gasteiger partial charge < -0.3 is 10.6 Å². The molecule has 1 aromatic rings. The van der Waals surface area contributed by atoms with Crippen LogP contribution in [0.1, 0.15) is 38.3 Å². The van der Waals surface area contributed by atoms with Gasteiger partial charge in [0.05, 0.1) is 0 Å². The van der Waals surface area contributed by atoms with Crippen LogP contribution in [0.2, 0.25) is 0 Å². The van der Waals surface area contributed by atoms with E-state index in [1.54, 1.807) is 0 Å². The largest absolute Gasteiger partial charge is 0.354 e. The molecule has 0 bridgehead atoms. The molecule has 118 valence electrons. The molecule has 0 saturated carbocycles. The van der Waals surface area contributed by atoms with Crippen molar-refractivity contribution in [2.45, 2.75) is 52.6 Å². The van der Waals surface area contributed by atoms with Gasteiger partial charge in [-0.3, -0.25) is 4.90 Å². The predicted molar refractivity (Wildman–Crippen MR) is 89.9 cm³/mol. The molecule has 0 amide bonds. The van der Waals surface area contributed by atoms with Gasteiger partial charge in [-0.05, 0) is 44.7 Å². The van der Waals surface area contributed by atoms with Crippen LogP contribution in [0, 0.1) is 6.92 Å². The molecule has 1 aromatic heterocycles. The Bertz CT molecular complexity index is 450. The summed E-state index contributed by atoms with van der Waals surface area (Å²) in [5.41, 5.74) is 8.56. The summed E-state index contributed by atoms with van der Waals surface area (Å²) in [6, 6.07) is 3.14. The molecule has 1 atom stereocenters. The van der Waals surface area contributed by atoms with Crippen molar-refractivity contribution in [2.24, 2.45) is 5.73 Å². The molecule has 2 N–H and O–H groups in total. The number of piperazine rings is 1. The molecule has 0 spiro atoms. The Hall–Kier alpha value is -1.13. The number of rotatable bonds is 5. The van der Waals surface area contributed by atoms with E-state index in [-0.39, 0.29) is 6.04 Å². The first-order valence-electron chi connectivity index (χ1n) is 8.21. The zero-order chi connectivity index (χ0) is 15.4. The second-order valence-corrected chi connectivity index (χ2v) is 6.47. The Morgan fingerprint density at radius 2 is 1.90 bits per heavy atom. The zero-order valence-corrected chi connectivity index (χ0v) is 14.0. The number of aryl methyl sites for hydroxylation is 1. The van der Waals surface area contributed by atoms with Gasteiger partial charge in [0, 0.05) is 44.5 Å². The van der Waals surface area contributed by atoms with Crippen molar-refractivity contribution in [3.8, 4) is 0 Å². The summed E-state index contributed by atoms with van der Waals surface area (Å²) in [4.78, 5) is 9.65. The highest BCUT2D eigenvalue weighted by molar-refractivity contribution is 5.48. The lowest BCUT2D eigenvalue weighted by Gasteiger charge is -2.38. The fourth-order valence-corrected chi connectivity index (χ4v) is 2.97. The summed E-state index contributed by atoms with van der Waals surface area (Å²) in [6.07, 6.45) is 3.94. The van der Waals surface area contributed by atoms with Crippen LogP contribution in [-0.4, -0.2) is 48.1 Å². The third kappa shape index (κ3) is 4.17. The van der Waals surface area contributed by atoms with E-state index in [1.807, 2.05) is 6.20 Å². The minimum absolute atomic E-state index is 0.242. The highest BCUT2D eigenvalue weighted by Crippen LogP contribution is 2.20. The second-order valence-electron chi connectivity index (χ2n) is 6.47. The average Bonchev–Trinajstić information content (AvgIpc) is 2.47. The number of hydrogen-bond donors (Lipinski definition) is 1. The second kappa shape index (κ2) is 7.23. The van der Waals surface area contributed by atoms with Crippen molar-refractivity contribution in [1.82, 2.24) is 9.88 Å². The van der Waals surface area contributed by atoms with Gasteiger partial charge in [0.1, 0.15) is 5.82 Å². The van der Waals surface area contributed by atoms with Crippen molar-refractivity contribution < 1.29 is 0 Å². The van der Waals surface area contributed by atoms with Gasteiger partial charge >= 0.3 is 0 Å². The Labute approximate surface area is 129 Å². The molecule has 0 aromatic carbocycles. The SMILES string of the molecule is CCC(N)Cc1cnc(N2CCN(C(C)C)CC2)c(C)c1. The molecule has 0 aliphatic carbocycles. The van der Waals surface area contributed by atoms with E-state index in [0.29, 0.717) is 6.04 Å². The Morgan fingerprint density at radius 1 is 1.24 bits per heavy atom. The number of nitrogens with zero attached hydrogens (tertiary/aromatic N) is 3. The number of anilines is 1. The molecule has 1 unspecified atom stereocenters. The van der Waals surface area contributed by atoms with Crippen molar-refractivity contribution in [3.63, 3.8) is 0 Å². The van der Waals surface area contributed by atoms with E-state index in [1.165, 1.54) is 11.1 Å². The van der Waals surface area contributed by atoms with Crippen LogP contribution in [0.15, 0.2) is 12.3 Å². The van der Waals surface area contributed by atoms with E-state index < -0.39 is 0 Å². The molecule has 4 nitrogen and oxygen atoms in total. The van der Waals surface area contributed by atoms with E-state index >= 15 is 0 Å². The molecule has 1 aliphatic heterocycles. The van der Waals surface area contributed by atoms with Gasteiger partial charge in [-0.1, -0.05) is 13.0 Å². The average molecular weight is 290 g/mol. The van der Waals surface area contributed by atoms with E-state index in [2.05, 4.69) is 43.6 Å². The van der Waals surface area contributed by atoms with Crippen LogP contribution in [0.4, 0.5) is 5.82 Å². The molecular formula is C17H30N4. The third-order valence-corrected chi connectivity index (χ3v) is 4.47. The van der Waals surface area contributed by atoms with Gasteiger partial charge in [-0.2, -0.15) is 0 Å². The molecule has 2 rings (SSSR count). The highest BCUT2D eigenvalue weighted by Gasteiger charge is 2.20. The molecule has 1 saturated heterocycles. The van der Waals surface area contributed by atoms with Gasteiger partial charge in [-0.25, -0.2) is 4.98 Å². The summed E-state index contributed by atoms with van der Waals surface area (Å²) in [5.74, 6) is 1.15. The van der Waals surface area contributed by atoms with Gasteiger partial charge in [0.25, 0.3) is 0 Å². The Balaban J connectivity index is 2.01. The highest BCUT2D eigenvalue weighted by atomic mass is 15.3. The third-order valence-electron chi connectivity index (χ3n) is 4.47. The van der Waals surface area contributed by atoms with Gasteiger partial charge in [0.15, 0.2) is 0 Å². The Morgan fingerprint density at radius 3 is 2.43 bits per heavy atom. The zero-order valence-electron chi connectivity index (χ0n) is 14.0. The first-order chi connectivity index (χ1) is 10.0. The predicted octanol–water partition coefficient (Wildman–Crippen LogP) is 2.20. The van der Waals surface area contributed by atoms with Gasteiger partial charge in [-0.15, -0.1) is 0 Å². The number of aromatic nitrogens is 1. The molecule has 1 aliphatic rings. The summed E-state index contributed by atoms with van der Waals surface area (Å²) in [5, 5.41) is 0. The van der Waals surface area contributed by atoms with Crippen LogP contribution in [-0.2, 0) is 6.42 Å². The molecular weight excluding hydrogens is 260 g/mol. The summed E-state index contributed by atoms with van der Waals surface area (Å²) < 4.78 is 0. The standard InChI is InChI=1S/C17H30N4/c1-5-16(18)11-15-10-14(4)17(19-12-15)21-8-6-20(7-9-21)13(2)3/h10,12-13,16H,5-9,11,18H2,1-4H3. The van der Waals surface area contributed by atoms with Crippen LogP contribution < -0.4 is 10.6 Å². The van der Waals surface area contributed by atoms with Crippen LogP contribution in [0.5, 0.6) is 0 Å². The molecule has 21 heavy (non-hydrogen) atoms. The lowest BCUT2D eigenvalue weighted by Crippen LogP contribution is -2.49. The van der Waals surface area contributed by atoms with Crippen molar-refractivity contribution >= 4 is 5.82 Å². The molecule has 4 heteroatoms. The first-order valence-corrected chi connectivity index (χ1v) is 8.21. The minimum Gasteiger partial charge on any atom is -0.354 e. The van der Waals surface area contributed by atoms with Gasteiger partial charge in [0.2, 0.25) is 0 Å². The fraction of sp³-hybridized carbons (Fsp3) is 0.706. The van der Waals surface area contributed by atoms with Crippen LogP contribution in [0.3, 0.4) is 0 Å². The van der Waals surface area contributed by atoms with E-state index in [9.17, 15) is 0 Å². The van der Waals surface area contributed by atoms with Crippen molar-refractivity contribution in [3.05, 3.63) is 23.4 Å². The van der Waals surface area contributed by atoms with Crippen molar-refractivity contribution in [1.29, 1.82) is 0 Å². The normalized spacial score (nSPS) is 18.3. The molecule has 0 radical (unpaired) electrons. The van der Waals surface area contributed by atoms with E-state index in [0.717, 1.165) is 44.8 Å². The maximum atomic E-state index is 6.04. The number of hydrogen-bond acceptors (Lipinski definition) is 4. The van der Waals surface area contributed by atoms with E-state index in [4.69, 9.17) is 10.7 Å². The molecule has 2 heterocycles. The maximum absolute atomic E-state index is 6.04. The summed E-state index contributed by atoms with van der Waals surface area (Å²) in [7, 11) is 0. The summed E-state index contributed by atoms with van der Waals surface area (Å²) in [6.45, 7) is 13.2. The smallest absolute Gasteiger partial charge is 0.131 e. The topological polar surface area (TPSA) is 45.4 Å². The minimum atomic E-state index is 0.242. The fourth-order valence-electron chi connectivity index (χ4n) is 2.97. The maximum Gasteiger partial charge on any atom is 0.131 e. The monoisotopic (exact) mass is 290 g/mol. The number of nitrogens with two attached hydrogens (primary N) is 1. The van der Waals surface area contributed by atoms with Crippen molar-refractivity contribution in [2.75, 3.05) is 31.1 Å². The first kappa shape index (κ1) is 16.2.